The van der Waals surface area contributed by atoms with Crippen LogP contribution in [0.2, 0.25) is 0 Å². The minimum Gasteiger partial charge on any atom is -0.356 e. The highest BCUT2D eigenvalue weighted by Crippen LogP contribution is 2.08. The van der Waals surface area contributed by atoms with E-state index in [0.29, 0.717) is 0 Å². The molecule has 0 bridgehead atoms. The molecular formula is C17H23FIN3S. The van der Waals surface area contributed by atoms with Gasteiger partial charge in [-0.1, -0.05) is 18.2 Å². The van der Waals surface area contributed by atoms with Crippen molar-refractivity contribution in [1.29, 1.82) is 0 Å². The van der Waals surface area contributed by atoms with Crippen molar-refractivity contribution in [2.75, 3.05) is 20.1 Å². The summed E-state index contributed by atoms with van der Waals surface area (Å²) < 4.78 is 13.1. The molecule has 0 saturated carbocycles. The van der Waals surface area contributed by atoms with Crippen LogP contribution in [0.1, 0.15) is 16.9 Å². The van der Waals surface area contributed by atoms with Crippen molar-refractivity contribution in [1.82, 2.24) is 10.6 Å². The zero-order chi connectivity index (χ0) is 15.6. The third-order valence-electron chi connectivity index (χ3n) is 3.29. The van der Waals surface area contributed by atoms with Gasteiger partial charge in [-0.05, 0) is 48.4 Å². The second-order valence-electron chi connectivity index (χ2n) is 4.99. The van der Waals surface area contributed by atoms with Gasteiger partial charge in [0, 0.05) is 25.0 Å². The molecule has 1 aromatic carbocycles. The van der Waals surface area contributed by atoms with E-state index in [2.05, 4.69) is 33.1 Å². The molecule has 0 aliphatic carbocycles. The molecule has 0 amide bonds. The smallest absolute Gasteiger partial charge is 0.190 e. The maximum Gasteiger partial charge on any atom is 0.190 e. The molecule has 1 aromatic heterocycles. The van der Waals surface area contributed by atoms with Gasteiger partial charge < -0.3 is 10.6 Å². The Kier molecular flexibility index (Phi) is 9.86. The van der Waals surface area contributed by atoms with Crippen molar-refractivity contribution in [2.45, 2.75) is 19.3 Å². The van der Waals surface area contributed by atoms with E-state index in [1.807, 2.05) is 6.07 Å². The lowest BCUT2D eigenvalue weighted by Gasteiger charge is -2.11. The Morgan fingerprint density at radius 2 is 1.96 bits per heavy atom. The molecule has 0 saturated heterocycles. The highest BCUT2D eigenvalue weighted by molar-refractivity contribution is 14.0. The topological polar surface area (TPSA) is 36.4 Å². The molecule has 0 radical (unpaired) electrons. The molecular weight excluding hydrogens is 424 g/mol. The van der Waals surface area contributed by atoms with E-state index in [1.165, 1.54) is 10.9 Å². The quantitative estimate of drug-likeness (QED) is 0.293. The molecule has 2 N–H and O–H groups in total. The van der Waals surface area contributed by atoms with E-state index in [1.54, 1.807) is 30.5 Å². The first kappa shape index (κ1) is 19.9. The molecule has 0 spiro atoms. The van der Waals surface area contributed by atoms with Gasteiger partial charge in [-0.2, -0.15) is 0 Å². The summed E-state index contributed by atoms with van der Waals surface area (Å²) in [5.74, 6) is 0.646. The van der Waals surface area contributed by atoms with Gasteiger partial charge in [0.25, 0.3) is 0 Å². The summed E-state index contributed by atoms with van der Waals surface area (Å²) in [7, 11) is 1.77. The molecule has 126 valence electrons. The molecule has 0 aliphatic heterocycles. The minimum atomic E-state index is -0.170. The molecule has 2 rings (SSSR count). The van der Waals surface area contributed by atoms with E-state index in [4.69, 9.17) is 0 Å². The molecule has 23 heavy (non-hydrogen) atoms. The number of hydrogen-bond acceptors (Lipinski definition) is 2. The average Bonchev–Trinajstić information content (AvgIpc) is 3.03. The zero-order valence-corrected chi connectivity index (χ0v) is 16.4. The lowest BCUT2D eigenvalue weighted by atomic mass is 10.1. The van der Waals surface area contributed by atoms with E-state index in [0.717, 1.165) is 43.9 Å². The fraction of sp³-hybridized carbons (Fsp3) is 0.353. The summed E-state index contributed by atoms with van der Waals surface area (Å²) >= 11 is 1.77. The fourth-order valence-electron chi connectivity index (χ4n) is 2.17. The average molecular weight is 447 g/mol. The van der Waals surface area contributed by atoms with Gasteiger partial charge in [-0.15, -0.1) is 35.3 Å². The number of thiophene rings is 1. The largest absolute Gasteiger partial charge is 0.356 e. The number of nitrogens with one attached hydrogen (secondary N) is 2. The van der Waals surface area contributed by atoms with Crippen molar-refractivity contribution >= 4 is 41.3 Å². The molecule has 0 atom stereocenters. The van der Waals surface area contributed by atoms with Gasteiger partial charge in [0.1, 0.15) is 5.82 Å². The maximum absolute atomic E-state index is 13.1. The second kappa shape index (κ2) is 11.4. The first-order chi connectivity index (χ1) is 10.8. The van der Waals surface area contributed by atoms with E-state index >= 15 is 0 Å². The summed E-state index contributed by atoms with van der Waals surface area (Å²) in [5, 5.41) is 8.68. The Balaban J connectivity index is 0.00000264. The first-order valence-electron chi connectivity index (χ1n) is 7.49. The van der Waals surface area contributed by atoms with Gasteiger partial charge in [0.2, 0.25) is 0 Å². The van der Waals surface area contributed by atoms with Gasteiger partial charge in [-0.3, -0.25) is 4.99 Å². The maximum atomic E-state index is 13.1. The molecule has 0 fully saturated rings. The lowest BCUT2D eigenvalue weighted by Crippen LogP contribution is -2.38. The predicted molar refractivity (Wildman–Crippen MR) is 108 cm³/mol. The van der Waals surface area contributed by atoms with Crippen LogP contribution in [0.15, 0.2) is 46.8 Å². The monoisotopic (exact) mass is 447 g/mol. The first-order valence-corrected chi connectivity index (χ1v) is 8.37. The van der Waals surface area contributed by atoms with Crippen LogP contribution in [0.3, 0.4) is 0 Å². The number of benzene rings is 1. The van der Waals surface area contributed by atoms with Gasteiger partial charge in [-0.25, -0.2) is 4.39 Å². The summed E-state index contributed by atoms with van der Waals surface area (Å²) in [4.78, 5) is 5.57. The van der Waals surface area contributed by atoms with Crippen molar-refractivity contribution in [3.8, 4) is 0 Å². The second-order valence-corrected chi connectivity index (χ2v) is 6.02. The van der Waals surface area contributed by atoms with Crippen LogP contribution in [0.5, 0.6) is 0 Å². The third-order valence-corrected chi connectivity index (χ3v) is 4.23. The highest BCUT2D eigenvalue weighted by Gasteiger charge is 1.99. The molecule has 3 nitrogen and oxygen atoms in total. The van der Waals surface area contributed by atoms with E-state index in [9.17, 15) is 4.39 Å². The summed E-state index contributed by atoms with van der Waals surface area (Å²) in [6.07, 6.45) is 2.80. The van der Waals surface area contributed by atoms with Crippen molar-refractivity contribution in [3.05, 3.63) is 58.0 Å². The number of hydrogen-bond donors (Lipinski definition) is 2. The van der Waals surface area contributed by atoms with Crippen LogP contribution in [0.25, 0.3) is 0 Å². The Morgan fingerprint density at radius 3 is 2.65 bits per heavy atom. The van der Waals surface area contributed by atoms with Crippen molar-refractivity contribution in [3.63, 3.8) is 0 Å². The fourth-order valence-corrected chi connectivity index (χ4v) is 2.88. The van der Waals surface area contributed by atoms with Crippen LogP contribution in [0, 0.1) is 5.82 Å². The minimum absolute atomic E-state index is 0. The van der Waals surface area contributed by atoms with Gasteiger partial charge >= 0.3 is 0 Å². The molecule has 0 aliphatic rings. The number of guanidine groups is 1. The number of rotatable bonds is 7. The molecule has 1 heterocycles. The van der Waals surface area contributed by atoms with Crippen LogP contribution < -0.4 is 10.6 Å². The number of nitrogens with zero attached hydrogens (tertiary/aromatic N) is 1. The third kappa shape index (κ3) is 7.78. The van der Waals surface area contributed by atoms with E-state index in [-0.39, 0.29) is 29.8 Å². The summed E-state index contributed by atoms with van der Waals surface area (Å²) in [6, 6.07) is 11.0. The van der Waals surface area contributed by atoms with Crippen LogP contribution in [-0.4, -0.2) is 26.1 Å². The summed E-state index contributed by atoms with van der Waals surface area (Å²) in [5.41, 5.74) is 1.03. The Bertz CT molecular complexity index is 587. The van der Waals surface area contributed by atoms with Crippen LogP contribution >= 0.6 is 35.3 Å². The van der Waals surface area contributed by atoms with Gasteiger partial charge in [0.05, 0.1) is 0 Å². The summed E-state index contributed by atoms with van der Waals surface area (Å²) in [6.45, 7) is 1.68. The normalized spacial score (nSPS) is 11.0. The Labute approximate surface area is 158 Å². The molecule has 0 unspecified atom stereocenters. The molecule has 6 heteroatoms. The SMILES string of the molecule is CN=C(NCCCc1cccc(F)c1)NCCc1cccs1.I. The number of aryl methyl sites for hydroxylation is 1. The lowest BCUT2D eigenvalue weighted by molar-refractivity contribution is 0.624. The number of halogens is 2. The highest BCUT2D eigenvalue weighted by atomic mass is 127. The van der Waals surface area contributed by atoms with E-state index < -0.39 is 0 Å². The standard InChI is InChI=1S/C17H22FN3S.HI/c1-19-17(21-11-9-16-8-4-12-22-16)20-10-3-6-14-5-2-7-15(18)13-14;/h2,4-5,7-8,12-13H,3,6,9-11H2,1H3,(H2,19,20,21);1H. The Morgan fingerprint density at radius 1 is 1.13 bits per heavy atom. The zero-order valence-electron chi connectivity index (χ0n) is 13.2. The van der Waals surface area contributed by atoms with Crippen LogP contribution in [-0.2, 0) is 12.8 Å². The predicted octanol–water partition coefficient (Wildman–Crippen LogP) is 3.85. The number of aliphatic imine (C=N–C) groups is 1. The van der Waals surface area contributed by atoms with Crippen molar-refractivity contribution < 1.29 is 4.39 Å². The Hall–Kier alpha value is -1.15. The molecule has 2 aromatic rings. The van der Waals surface area contributed by atoms with Crippen molar-refractivity contribution in [2.24, 2.45) is 4.99 Å². The van der Waals surface area contributed by atoms with Crippen LogP contribution in [0.4, 0.5) is 4.39 Å². The van der Waals surface area contributed by atoms with Gasteiger partial charge in [0.15, 0.2) is 5.96 Å².